The number of methoxy groups -OCH3 is 3. The van der Waals surface area contributed by atoms with Crippen LogP contribution in [0, 0.1) is 0 Å². The van der Waals surface area contributed by atoms with Gasteiger partial charge in [0.15, 0.2) is 11.5 Å². The lowest BCUT2D eigenvalue weighted by atomic mass is 9.99. The number of ether oxygens (including phenoxy) is 4. The molecule has 0 saturated carbocycles. The van der Waals surface area contributed by atoms with Gasteiger partial charge in [0.1, 0.15) is 18.2 Å². The highest BCUT2D eigenvalue weighted by Crippen LogP contribution is 2.38. The number of carbonyl (C=O) groups is 1. The maximum atomic E-state index is 13.1. The number of rotatable bonds is 12. The van der Waals surface area contributed by atoms with Crippen LogP contribution in [0.2, 0.25) is 0 Å². The standard InChI is InChI=1S/C30H35N3O5/c1-6-20(2)21-11-13-23(14-12-21)38-16-15-33-25-10-8-7-9-24(25)32-28(33)19-31-30(34)22-17-26(35-3)29(37-5)27(18-22)36-4/h7-14,17-18,20H,6,15-16,19H2,1-5H3,(H,31,34). The molecule has 0 aliphatic rings. The fraction of sp³-hybridized carbons (Fsp3) is 0.333. The van der Waals surface area contributed by atoms with Gasteiger partial charge in [-0.1, -0.05) is 38.1 Å². The van der Waals surface area contributed by atoms with E-state index in [0.29, 0.717) is 41.9 Å². The fourth-order valence-corrected chi connectivity index (χ4v) is 4.37. The number of nitrogens with zero attached hydrogens (tertiary/aromatic N) is 2. The number of para-hydroxylation sites is 2. The predicted octanol–water partition coefficient (Wildman–Crippen LogP) is 5.58. The van der Waals surface area contributed by atoms with Gasteiger partial charge in [-0.15, -0.1) is 0 Å². The topological polar surface area (TPSA) is 83.8 Å². The number of carbonyl (C=O) groups excluding carboxylic acids is 1. The Morgan fingerprint density at radius 1 is 0.974 bits per heavy atom. The van der Waals surface area contributed by atoms with Crippen molar-refractivity contribution in [1.29, 1.82) is 0 Å². The zero-order valence-corrected chi connectivity index (χ0v) is 22.6. The van der Waals surface area contributed by atoms with Gasteiger partial charge in [0, 0.05) is 5.56 Å². The van der Waals surface area contributed by atoms with Gasteiger partial charge in [-0.05, 0) is 54.3 Å². The van der Waals surface area contributed by atoms with Crippen LogP contribution in [0.1, 0.15) is 47.9 Å². The summed E-state index contributed by atoms with van der Waals surface area (Å²) in [5, 5.41) is 2.97. The minimum Gasteiger partial charge on any atom is -0.493 e. The largest absolute Gasteiger partial charge is 0.493 e. The van der Waals surface area contributed by atoms with Gasteiger partial charge in [0.25, 0.3) is 5.91 Å². The Morgan fingerprint density at radius 2 is 1.66 bits per heavy atom. The van der Waals surface area contributed by atoms with Crippen LogP contribution in [0.5, 0.6) is 23.0 Å². The monoisotopic (exact) mass is 517 g/mol. The molecular weight excluding hydrogens is 482 g/mol. The third kappa shape index (κ3) is 5.85. The summed E-state index contributed by atoms with van der Waals surface area (Å²) < 4.78 is 24.2. The van der Waals surface area contributed by atoms with Crippen LogP contribution in [-0.4, -0.2) is 43.4 Å². The highest BCUT2D eigenvalue weighted by atomic mass is 16.5. The smallest absolute Gasteiger partial charge is 0.251 e. The zero-order chi connectivity index (χ0) is 27.1. The quantitative estimate of drug-likeness (QED) is 0.264. The molecule has 1 N–H and O–H groups in total. The Bertz CT molecular complexity index is 1360. The normalized spacial score (nSPS) is 11.7. The van der Waals surface area contributed by atoms with Gasteiger partial charge in [0.2, 0.25) is 5.75 Å². The highest BCUT2D eigenvalue weighted by Gasteiger charge is 2.18. The summed E-state index contributed by atoms with van der Waals surface area (Å²) in [5.74, 6) is 3.08. The van der Waals surface area contributed by atoms with Gasteiger partial charge in [-0.2, -0.15) is 0 Å². The molecule has 4 rings (SSSR count). The minimum absolute atomic E-state index is 0.244. The van der Waals surface area contributed by atoms with Crippen molar-refractivity contribution in [2.45, 2.75) is 39.3 Å². The molecule has 0 fully saturated rings. The summed E-state index contributed by atoms with van der Waals surface area (Å²) in [5.41, 5.74) is 3.56. The van der Waals surface area contributed by atoms with Crippen molar-refractivity contribution < 1.29 is 23.7 Å². The van der Waals surface area contributed by atoms with E-state index in [1.807, 2.05) is 36.4 Å². The van der Waals surface area contributed by atoms with Crippen molar-refractivity contribution in [3.63, 3.8) is 0 Å². The summed E-state index contributed by atoms with van der Waals surface area (Å²) >= 11 is 0. The van der Waals surface area contributed by atoms with E-state index in [9.17, 15) is 4.79 Å². The van der Waals surface area contributed by atoms with E-state index in [-0.39, 0.29) is 12.5 Å². The van der Waals surface area contributed by atoms with E-state index in [0.717, 1.165) is 29.0 Å². The maximum Gasteiger partial charge on any atom is 0.251 e. The molecule has 1 unspecified atom stereocenters. The Labute approximate surface area is 223 Å². The molecule has 0 aliphatic heterocycles. The van der Waals surface area contributed by atoms with Gasteiger partial charge in [-0.25, -0.2) is 4.98 Å². The van der Waals surface area contributed by atoms with Gasteiger partial charge in [0.05, 0.1) is 45.5 Å². The summed E-state index contributed by atoms with van der Waals surface area (Å²) in [7, 11) is 4.56. The molecule has 0 bridgehead atoms. The van der Waals surface area contributed by atoms with E-state index in [1.165, 1.54) is 26.9 Å². The first kappa shape index (κ1) is 26.9. The molecule has 3 aromatic carbocycles. The Hall–Kier alpha value is -4.20. The first-order chi connectivity index (χ1) is 18.5. The third-order valence-corrected chi connectivity index (χ3v) is 6.71. The lowest BCUT2D eigenvalue weighted by molar-refractivity contribution is 0.0948. The molecule has 8 nitrogen and oxygen atoms in total. The van der Waals surface area contributed by atoms with E-state index in [2.05, 4.69) is 35.9 Å². The van der Waals surface area contributed by atoms with E-state index in [4.69, 9.17) is 23.9 Å². The fourth-order valence-electron chi connectivity index (χ4n) is 4.37. The Morgan fingerprint density at radius 3 is 2.29 bits per heavy atom. The van der Waals surface area contributed by atoms with Crippen molar-refractivity contribution in [2.75, 3.05) is 27.9 Å². The van der Waals surface area contributed by atoms with Crippen LogP contribution in [0.25, 0.3) is 11.0 Å². The average Bonchev–Trinajstić information content (AvgIpc) is 3.32. The SMILES string of the molecule is CCC(C)c1ccc(OCCn2c(CNC(=O)c3cc(OC)c(OC)c(OC)c3)nc3ccccc32)cc1. The number of hydrogen-bond acceptors (Lipinski definition) is 6. The molecule has 4 aromatic rings. The summed E-state index contributed by atoms with van der Waals surface area (Å²) in [6, 6.07) is 19.5. The van der Waals surface area contributed by atoms with Crippen molar-refractivity contribution >= 4 is 16.9 Å². The van der Waals surface area contributed by atoms with Gasteiger partial charge in [-0.3, -0.25) is 4.79 Å². The number of hydrogen-bond donors (Lipinski definition) is 1. The van der Waals surface area contributed by atoms with Crippen molar-refractivity contribution in [1.82, 2.24) is 14.9 Å². The zero-order valence-electron chi connectivity index (χ0n) is 22.6. The number of fused-ring (bicyclic) bond motifs is 1. The predicted molar refractivity (Wildman–Crippen MR) is 148 cm³/mol. The molecule has 1 amide bonds. The second-order valence-electron chi connectivity index (χ2n) is 8.99. The highest BCUT2D eigenvalue weighted by molar-refractivity contribution is 5.95. The summed E-state index contributed by atoms with van der Waals surface area (Å²) in [4.78, 5) is 17.8. The molecule has 1 heterocycles. The van der Waals surface area contributed by atoms with Crippen molar-refractivity contribution in [3.05, 3.63) is 77.6 Å². The molecule has 1 aromatic heterocycles. The van der Waals surface area contributed by atoms with Crippen molar-refractivity contribution in [3.8, 4) is 23.0 Å². The van der Waals surface area contributed by atoms with Crippen LogP contribution in [0.15, 0.2) is 60.7 Å². The van der Waals surface area contributed by atoms with E-state index < -0.39 is 0 Å². The molecule has 0 saturated heterocycles. The Kier molecular flexibility index (Phi) is 8.73. The molecule has 1 atom stereocenters. The van der Waals surface area contributed by atoms with Crippen LogP contribution < -0.4 is 24.3 Å². The average molecular weight is 518 g/mol. The van der Waals surface area contributed by atoms with Crippen LogP contribution >= 0.6 is 0 Å². The minimum atomic E-state index is -0.277. The summed E-state index contributed by atoms with van der Waals surface area (Å²) in [6.45, 7) is 5.71. The lowest BCUT2D eigenvalue weighted by Gasteiger charge is -2.15. The number of benzene rings is 3. The number of nitrogens with one attached hydrogen (secondary N) is 1. The first-order valence-electron chi connectivity index (χ1n) is 12.7. The molecule has 38 heavy (non-hydrogen) atoms. The second kappa shape index (κ2) is 12.4. The third-order valence-electron chi connectivity index (χ3n) is 6.71. The number of aromatic nitrogens is 2. The molecule has 0 radical (unpaired) electrons. The molecular formula is C30H35N3O5. The van der Waals surface area contributed by atoms with Crippen molar-refractivity contribution in [2.24, 2.45) is 0 Å². The van der Waals surface area contributed by atoms with Crippen LogP contribution in [0.3, 0.4) is 0 Å². The second-order valence-corrected chi connectivity index (χ2v) is 8.99. The van der Waals surface area contributed by atoms with E-state index >= 15 is 0 Å². The molecule has 8 heteroatoms. The van der Waals surface area contributed by atoms with Crippen LogP contribution in [-0.2, 0) is 13.1 Å². The van der Waals surface area contributed by atoms with Gasteiger partial charge >= 0.3 is 0 Å². The van der Waals surface area contributed by atoms with Gasteiger partial charge < -0.3 is 28.8 Å². The molecule has 0 spiro atoms. The number of imidazole rings is 1. The van der Waals surface area contributed by atoms with Crippen LogP contribution in [0.4, 0.5) is 0 Å². The molecule has 200 valence electrons. The number of amides is 1. The molecule has 0 aliphatic carbocycles. The summed E-state index contributed by atoms with van der Waals surface area (Å²) in [6.07, 6.45) is 1.10. The Balaban J connectivity index is 1.47. The lowest BCUT2D eigenvalue weighted by Crippen LogP contribution is -2.25. The first-order valence-corrected chi connectivity index (χ1v) is 12.7. The van der Waals surface area contributed by atoms with E-state index in [1.54, 1.807) is 12.1 Å². The maximum absolute atomic E-state index is 13.1.